The molecule has 1 fully saturated rings. The molecule has 2 atom stereocenters. The molecule has 1 aliphatic carbocycles. The highest BCUT2D eigenvalue weighted by Gasteiger charge is 2.51. The Morgan fingerprint density at radius 1 is 1.23 bits per heavy atom. The fourth-order valence-electron chi connectivity index (χ4n) is 4.88. The highest BCUT2D eigenvalue weighted by atomic mass is 16.6. The first kappa shape index (κ1) is 17.1. The van der Waals surface area contributed by atoms with E-state index in [0.717, 1.165) is 31.4 Å². The van der Waals surface area contributed by atoms with Crippen molar-refractivity contribution in [2.45, 2.75) is 52.2 Å². The van der Waals surface area contributed by atoms with Gasteiger partial charge in [0.05, 0.1) is 6.04 Å². The normalized spacial score (nSPS) is 24.1. The minimum absolute atomic E-state index is 0.152. The first-order valence-electron chi connectivity index (χ1n) is 9.70. The Kier molecular flexibility index (Phi) is 4.47. The van der Waals surface area contributed by atoms with Crippen molar-refractivity contribution < 1.29 is 9.53 Å². The molecule has 2 aliphatic rings. The van der Waals surface area contributed by atoms with Crippen LogP contribution in [0.2, 0.25) is 0 Å². The lowest BCUT2D eigenvalue weighted by atomic mass is 9.71. The van der Waals surface area contributed by atoms with E-state index in [-0.39, 0.29) is 17.6 Å². The fraction of sp³-hybridized carbons (Fsp3) is 0.435. The van der Waals surface area contributed by atoms with Gasteiger partial charge in [0.2, 0.25) is 0 Å². The van der Waals surface area contributed by atoms with Gasteiger partial charge in [-0.3, -0.25) is 0 Å². The molecule has 1 unspecified atom stereocenters. The van der Waals surface area contributed by atoms with Crippen LogP contribution in [-0.4, -0.2) is 17.5 Å². The molecule has 0 radical (unpaired) electrons. The van der Waals surface area contributed by atoms with Gasteiger partial charge in [-0.2, -0.15) is 0 Å². The van der Waals surface area contributed by atoms with E-state index in [1.807, 2.05) is 35.2 Å². The zero-order valence-corrected chi connectivity index (χ0v) is 15.7. The molecule has 136 valence electrons. The van der Waals surface area contributed by atoms with E-state index in [1.54, 1.807) is 0 Å². The summed E-state index contributed by atoms with van der Waals surface area (Å²) in [6.45, 7) is 5.52. The number of carbonyl (C=O) groups is 1. The largest absolute Gasteiger partial charge is 0.445 e. The molecule has 3 nitrogen and oxygen atoms in total. The number of ether oxygens (including phenoxy) is 1. The summed E-state index contributed by atoms with van der Waals surface area (Å²) in [4.78, 5) is 15.0. The second-order valence-corrected chi connectivity index (χ2v) is 7.83. The number of likely N-dealkylation sites (tertiary alicyclic amines) is 1. The van der Waals surface area contributed by atoms with Crippen molar-refractivity contribution in [1.82, 2.24) is 4.90 Å². The van der Waals surface area contributed by atoms with E-state index in [0.29, 0.717) is 6.61 Å². The molecule has 1 aliphatic heterocycles. The van der Waals surface area contributed by atoms with Crippen LogP contribution in [0.1, 0.15) is 54.5 Å². The molecular weight excluding hydrogens is 322 g/mol. The summed E-state index contributed by atoms with van der Waals surface area (Å²) < 4.78 is 5.70. The number of amides is 1. The van der Waals surface area contributed by atoms with Gasteiger partial charge in [0.25, 0.3) is 0 Å². The number of hydrogen-bond acceptors (Lipinski definition) is 2. The Balaban J connectivity index is 1.60. The van der Waals surface area contributed by atoms with Crippen LogP contribution >= 0.6 is 0 Å². The van der Waals surface area contributed by atoms with Gasteiger partial charge >= 0.3 is 6.09 Å². The average Bonchev–Trinajstić information content (AvgIpc) is 3.01. The van der Waals surface area contributed by atoms with E-state index in [2.05, 4.69) is 32.0 Å². The van der Waals surface area contributed by atoms with E-state index in [4.69, 9.17) is 4.74 Å². The summed E-state index contributed by atoms with van der Waals surface area (Å²) in [5.74, 6) is 0. The van der Waals surface area contributed by atoms with Crippen LogP contribution in [0, 0.1) is 12.3 Å². The molecular formula is C23H27NO2. The van der Waals surface area contributed by atoms with Crippen molar-refractivity contribution in [3.8, 4) is 0 Å². The number of carbonyl (C=O) groups excluding carboxylic acids is 1. The SMILES string of the molecule is CCC12CCCN(C(=O)OCc3ccccc3)[C@H]1c1cc(C)ccc1C2. The molecule has 1 saturated heterocycles. The molecule has 2 aromatic rings. The Hall–Kier alpha value is -2.29. The number of benzene rings is 2. The Morgan fingerprint density at radius 2 is 2.04 bits per heavy atom. The van der Waals surface area contributed by atoms with Crippen LogP contribution in [0.3, 0.4) is 0 Å². The van der Waals surface area contributed by atoms with Crippen molar-refractivity contribution >= 4 is 6.09 Å². The van der Waals surface area contributed by atoms with Gasteiger partial charge in [-0.05, 0) is 54.7 Å². The van der Waals surface area contributed by atoms with E-state index in [9.17, 15) is 4.79 Å². The van der Waals surface area contributed by atoms with Gasteiger partial charge in [-0.25, -0.2) is 4.79 Å². The zero-order chi connectivity index (χ0) is 18.1. The average molecular weight is 349 g/mol. The monoisotopic (exact) mass is 349 g/mol. The molecule has 1 amide bonds. The number of piperidine rings is 1. The smallest absolute Gasteiger partial charge is 0.410 e. The summed E-state index contributed by atoms with van der Waals surface area (Å²) in [7, 11) is 0. The minimum atomic E-state index is -0.175. The third-order valence-electron chi connectivity index (χ3n) is 6.25. The zero-order valence-electron chi connectivity index (χ0n) is 15.7. The van der Waals surface area contributed by atoms with Crippen LogP contribution < -0.4 is 0 Å². The van der Waals surface area contributed by atoms with Crippen LogP contribution in [0.15, 0.2) is 48.5 Å². The van der Waals surface area contributed by atoms with Crippen molar-refractivity contribution in [3.05, 3.63) is 70.8 Å². The van der Waals surface area contributed by atoms with Gasteiger partial charge in [0.1, 0.15) is 6.61 Å². The number of fused-ring (bicyclic) bond motifs is 3. The summed E-state index contributed by atoms with van der Waals surface area (Å²) in [5, 5.41) is 0. The van der Waals surface area contributed by atoms with Crippen LogP contribution in [0.25, 0.3) is 0 Å². The molecule has 0 bridgehead atoms. The number of nitrogens with zero attached hydrogens (tertiary/aromatic N) is 1. The molecule has 2 aromatic carbocycles. The topological polar surface area (TPSA) is 29.5 Å². The molecule has 26 heavy (non-hydrogen) atoms. The second kappa shape index (κ2) is 6.79. The third kappa shape index (κ3) is 2.90. The summed E-state index contributed by atoms with van der Waals surface area (Å²) in [6.07, 6.45) is 4.23. The third-order valence-corrected chi connectivity index (χ3v) is 6.25. The van der Waals surface area contributed by atoms with Crippen molar-refractivity contribution in [2.24, 2.45) is 5.41 Å². The Bertz CT molecular complexity index is 801. The highest BCUT2D eigenvalue weighted by molar-refractivity contribution is 5.69. The van der Waals surface area contributed by atoms with Gasteiger partial charge in [0.15, 0.2) is 0 Å². The quantitative estimate of drug-likeness (QED) is 0.740. The van der Waals surface area contributed by atoms with Gasteiger partial charge in [-0.1, -0.05) is 61.0 Å². The van der Waals surface area contributed by atoms with Crippen LogP contribution in [0.4, 0.5) is 4.79 Å². The Labute approximate surface area is 156 Å². The van der Waals surface area contributed by atoms with Crippen LogP contribution in [-0.2, 0) is 17.8 Å². The first-order valence-corrected chi connectivity index (χ1v) is 9.70. The lowest BCUT2D eigenvalue weighted by molar-refractivity contribution is 0.00977. The number of aryl methyl sites for hydroxylation is 1. The maximum atomic E-state index is 13.0. The van der Waals surface area contributed by atoms with Crippen molar-refractivity contribution in [2.75, 3.05) is 6.54 Å². The van der Waals surface area contributed by atoms with Gasteiger partial charge in [-0.15, -0.1) is 0 Å². The van der Waals surface area contributed by atoms with E-state index >= 15 is 0 Å². The predicted molar refractivity (Wildman–Crippen MR) is 103 cm³/mol. The summed E-state index contributed by atoms with van der Waals surface area (Å²) in [5.41, 5.74) is 5.20. The fourth-order valence-corrected chi connectivity index (χ4v) is 4.88. The van der Waals surface area contributed by atoms with E-state index < -0.39 is 0 Å². The van der Waals surface area contributed by atoms with E-state index in [1.165, 1.54) is 23.1 Å². The minimum Gasteiger partial charge on any atom is -0.445 e. The maximum absolute atomic E-state index is 13.0. The van der Waals surface area contributed by atoms with Crippen LogP contribution in [0.5, 0.6) is 0 Å². The second-order valence-electron chi connectivity index (χ2n) is 7.83. The maximum Gasteiger partial charge on any atom is 0.410 e. The van der Waals surface area contributed by atoms with Gasteiger partial charge < -0.3 is 9.64 Å². The lowest BCUT2D eigenvalue weighted by Crippen LogP contribution is -2.47. The molecule has 0 saturated carbocycles. The predicted octanol–water partition coefficient (Wildman–Crippen LogP) is 5.42. The lowest BCUT2D eigenvalue weighted by Gasteiger charge is -2.46. The standard InChI is InChI=1S/C23H27NO2/c1-3-23-12-7-13-24(22(25)26-16-18-8-5-4-6-9-18)21(23)20-14-17(2)10-11-19(20)15-23/h4-6,8-11,14,21H,3,7,12-13,15-16H2,1-2H3/t21-,23?/m0/s1. The number of rotatable bonds is 3. The molecule has 4 rings (SSSR count). The highest BCUT2D eigenvalue weighted by Crippen LogP contribution is 2.56. The Morgan fingerprint density at radius 3 is 2.81 bits per heavy atom. The summed E-state index contributed by atoms with van der Waals surface area (Å²) >= 11 is 0. The molecule has 0 spiro atoms. The van der Waals surface area contributed by atoms with Crippen molar-refractivity contribution in [1.29, 1.82) is 0 Å². The first-order chi connectivity index (χ1) is 12.6. The molecule has 0 N–H and O–H groups in total. The number of hydrogen-bond donors (Lipinski definition) is 0. The molecule has 0 aromatic heterocycles. The van der Waals surface area contributed by atoms with Gasteiger partial charge in [0, 0.05) is 6.54 Å². The molecule has 1 heterocycles. The van der Waals surface area contributed by atoms with Crippen molar-refractivity contribution in [3.63, 3.8) is 0 Å². The summed E-state index contributed by atoms with van der Waals surface area (Å²) in [6, 6.07) is 16.8. The molecule has 3 heteroatoms.